The number of anilines is 2. The largest absolute Gasteiger partial charge is 0.464 e. The predicted molar refractivity (Wildman–Crippen MR) is 99.6 cm³/mol. The molecule has 0 aliphatic rings. The number of nitrogens with one attached hydrogen (secondary N) is 2. The molecule has 0 saturated heterocycles. The van der Waals surface area contributed by atoms with E-state index in [2.05, 4.69) is 15.3 Å². The fourth-order valence-electron chi connectivity index (χ4n) is 2.87. The monoisotopic (exact) mass is 347 g/mol. The maximum Gasteiger partial charge on any atom is 0.354 e. The molecule has 0 bridgehead atoms. The number of hydrogen-bond donors (Lipinski definition) is 2. The van der Waals surface area contributed by atoms with Crippen molar-refractivity contribution in [2.24, 2.45) is 0 Å². The molecule has 0 spiro atoms. The number of carbonyl (C=O) groups is 1. The molecule has 130 valence electrons. The van der Waals surface area contributed by atoms with Crippen LogP contribution in [-0.2, 0) is 4.74 Å². The van der Waals surface area contributed by atoms with E-state index in [9.17, 15) is 4.79 Å². The quantitative estimate of drug-likeness (QED) is 0.525. The zero-order chi connectivity index (χ0) is 18.1. The van der Waals surface area contributed by atoms with Gasteiger partial charge in [-0.25, -0.2) is 9.78 Å². The summed E-state index contributed by atoms with van der Waals surface area (Å²) in [5, 5.41) is 4.33. The van der Waals surface area contributed by atoms with Crippen LogP contribution in [-0.4, -0.2) is 23.0 Å². The number of carbonyl (C=O) groups excluding carboxylic acids is 1. The normalized spacial score (nSPS) is 10.8. The number of H-pyrrole nitrogens is 1. The van der Waals surface area contributed by atoms with Crippen LogP contribution in [0.5, 0.6) is 0 Å². The van der Waals surface area contributed by atoms with Crippen molar-refractivity contribution in [2.45, 2.75) is 6.92 Å². The Bertz CT molecular complexity index is 1090. The summed E-state index contributed by atoms with van der Waals surface area (Å²) in [7, 11) is 1.36. The number of aryl methyl sites for hydroxylation is 1. The van der Waals surface area contributed by atoms with Gasteiger partial charge in [0.2, 0.25) is 0 Å². The molecule has 0 unspecified atom stereocenters. The molecule has 0 radical (unpaired) electrons. The van der Waals surface area contributed by atoms with E-state index in [-0.39, 0.29) is 0 Å². The first kappa shape index (κ1) is 16.0. The maximum atomic E-state index is 11.7. The van der Waals surface area contributed by atoms with Crippen LogP contribution in [0, 0.1) is 6.92 Å². The van der Waals surface area contributed by atoms with Crippen LogP contribution in [0.2, 0.25) is 0 Å². The molecule has 0 aliphatic carbocycles. The summed E-state index contributed by atoms with van der Waals surface area (Å²) in [5.74, 6) is 0.323. The van der Waals surface area contributed by atoms with Crippen molar-refractivity contribution in [1.29, 1.82) is 0 Å². The molecule has 0 fully saturated rings. The summed E-state index contributed by atoms with van der Waals surface area (Å²) in [6.07, 6.45) is 5.26. The first-order valence-electron chi connectivity index (χ1n) is 8.12. The second-order valence-corrected chi connectivity index (χ2v) is 5.98. The van der Waals surface area contributed by atoms with Crippen molar-refractivity contribution in [3.8, 4) is 11.1 Å². The van der Waals surface area contributed by atoms with Crippen molar-refractivity contribution >= 4 is 28.4 Å². The molecule has 0 aliphatic heterocycles. The Morgan fingerprint density at radius 3 is 2.96 bits per heavy atom. The number of aromatic nitrogens is 2. The highest BCUT2D eigenvalue weighted by Gasteiger charge is 2.12. The third-order valence-corrected chi connectivity index (χ3v) is 4.23. The summed E-state index contributed by atoms with van der Waals surface area (Å²) in [6, 6.07) is 11.5. The van der Waals surface area contributed by atoms with Gasteiger partial charge in [0.05, 0.1) is 13.4 Å². The number of hydrogen-bond acceptors (Lipinski definition) is 5. The third-order valence-electron chi connectivity index (χ3n) is 4.23. The van der Waals surface area contributed by atoms with E-state index in [0.29, 0.717) is 11.5 Å². The first-order chi connectivity index (χ1) is 12.6. The molecule has 3 aromatic heterocycles. The summed E-state index contributed by atoms with van der Waals surface area (Å²) < 4.78 is 10.1. The van der Waals surface area contributed by atoms with Crippen LogP contribution in [0.1, 0.15) is 16.1 Å². The fraction of sp³-hybridized carbons (Fsp3) is 0.100. The first-order valence-corrected chi connectivity index (χ1v) is 8.12. The summed E-state index contributed by atoms with van der Waals surface area (Å²) in [6.45, 7) is 1.98. The number of ether oxygens (including phenoxy) is 1. The molecule has 0 amide bonds. The van der Waals surface area contributed by atoms with Gasteiger partial charge in [-0.05, 0) is 54.4 Å². The Hall–Kier alpha value is -3.54. The standard InChI is InChI=1S/C20H17N3O3/c1-12-10-22-19(23-15-3-4-18-13(7-15)5-6-26-18)9-16(12)14-8-17(21-11-14)20(24)25-2/h3-11,21H,1-2H3,(H,22,23). The second-order valence-electron chi connectivity index (χ2n) is 5.98. The molecule has 2 N–H and O–H groups in total. The molecule has 6 heteroatoms. The Labute approximate surface area is 149 Å². The molecule has 0 atom stereocenters. The van der Waals surface area contributed by atoms with Crippen LogP contribution in [0.15, 0.2) is 59.5 Å². The highest BCUT2D eigenvalue weighted by molar-refractivity contribution is 5.89. The van der Waals surface area contributed by atoms with E-state index in [1.54, 1.807) is 24.7 Å². The number of aromatic amines is 1. The predicted octanol–water partition coefficient (Wildman–Crippen LogP) is 4.66. The Morgan fingerprint density at radius 2 is 2.12 bits per heavy atom. The number of furan rings is 1. The smallest absolute Gasteiger partial charge is 0.354 e. The van der Waals surface area contributed by atoms with Crippen molar-refractivity contribution in [1.82, 2.24) is 9.97 Å². The van der Waals surface area contributed by atoms with E-state index in [4.69, 9.17) is 9.15 Å². The second kappa shape index (κ2) is 6.40. The van der Waals surface area contributed by atoms with Crippen molar-refractivity contribution in [3.05, 3.63) is 66.3 Å². The van der Waals surface area contributed by atoms with Crippen LogP contribution in [0.3, 0.4) is 0 Å². The Morgan fingerprint density at radius 1 is 1.23 bits per heavy atom. The van der Waals surface area contributed by atoms with Gasteiger partial charge in [0.25, 0.3) is 0 Å². The lowest BCUT2D eigenvalue weighted by Crippen LogP contribution is -2.00. The van der Waals surface area contributed by atoms with Gasteiger partial charge >= 0.3 is 5.97 Å². The molecule has 6 nitrogen and oxygen atoms in total. The minimum Gasteiger partial charge on any atom is -0.464 e. The number of pyridine rings is 1. The molecule has 26 heavy (non-hydrogen) atoms. The average Bonchev–Trinajstić information content (AvgIpc) is 3.31. The number of nitrogens with zero attached hydrogens (tertiary/aromatic N) is 1. The van der Waals surface area contributed by atoms with Gasteiger partial charge < -0.3 is 19.5 Å². The summed E-state index contributed by atoms with van der Waals surface area (Å²) in [4.78, 5) is 19.0. The van der Waals surface area contributed by atoms with E-state index in [0.717, 1.165) is 33.3 Å². The summed E-state index contributed by atoms with van der Waals surface area (Å²) in [5.41, 5.74) is 5.08. The molecular weight excluding hydrogens is 330 g/mol. The number of esters is 1. The van der Waals surface area contributed by atoms with E-state index in [1.165, 1.54) is 7.11 Å². The molecule has 0 saturated carbocycles. The minimum atomic E-state index is -0.394. The van der Waals surface area contributed by atoms with E-state index < -0.39 is 5.97 Å². The molecule has 4 aromatic rings. The molecular formula is C20H17N3O3. The highest BCUT2D eigenvalue weighted by atomic mass is 16.5. The Balaban J connectivity index is 1.65. The zero-order valence-electron chi connectivity index (χ0n) is 14.4. The van der Waals surface area contributed by atoms with Gasteiger partial charge in [0.15, 0.2) is 0 Å². The van der Waals surface area contributed by atoms with Gasteiger partial charge in [-0.2, -0.15) is 0 Å². The molecule has 3 heterocycles. The van der Waals surface area contributed by atoms with Gasteiger partial charge in [-0.3, -0.25) is 0 Å². The SMILES string of the molecule is COC(=O)c1cc(-c2cc(Nc3ccc4occc4c3)ncc2C)c[nH]1. The number of methoxy groups -OCH3 is 1. The van der Waals surface area contributed by atoms with Crippen molar-refractivity contribution in [2.75, 3.05) is 12.4 Å². The van der Waals surface area contributed by atoms with Gasteiger partial charge in [0.1, 0.15) is 17.1 Å². The van der Waals surface area contributed by atoms with Gasteiger partial charge in [-0.1, -0.05) is 0 Å². The summed E-state index contributed by atoms with van der Waals surface area (Å²) >= 11 is 0. The number of fused-ring (bicyclic) bond motifs is 1. The number of benzene rings is 1. The van der Waals surface area contributed by atoms with Crippen LogP contribution < -0.4 is 5.32 Å². The third kappa shape index (κ3) is 2.93. The lowest BCUT2D eigenvalue weighted by Gasteiger charge is -2.09. The number of rotatable bonds is 4. The topological polar surface area (TPSA) is 80.2 Å². The van der Waals surface area contributed by atoms with Gasteiger partial charge in [-0.15, -0.1) is 0 Å². The lowest BCUT2D eigenvalue weighted by molar-refractivity contribution is 0.0595. The van der Waals surface area contributed by atoms with Crippen molar-refractivity contribution in [3.63, 3.8) is 0 Å². The molecule has 4 rings (SSSR count). The van der Waals surface area contributed by atoms with E-state index in [1.807, 2.05) is 37.3 Å². The average molecular weight is 347 g/mol. The van der Waals surface area contributed by atoms with Crippen LogP contribution in [0.25, 0.3) is 22.1 Å². The Kier molecular flexibility index (Phi) is 3.93. The lowest BCUT2D eigenvalue weighted by atomic mass is 10.1. The highest BCUT2D eigenvalue weighted by Crippen LogP contribution is 2.28. The maximum absolute atomic E-state index is 11.7. The van der Waals surface area contributed by atoms with E-state index >= 15 is 0 Å². The van der Waals surface area contributed by atoms with Crippen molar-refractivity contribution < 1.29 is 13.9 Å². The van der Waals surface area contributed by atoms with Gasteiger partial charge in [0, 0.05) is 29.0 Å². The fourth-order valence-corrected chi connectivity index (χ4v) is 2.87. The minimum absolute atomic E-state index is 0.394. The molecule has 1 aromatic carbocycles. The van der Waals surface area contributed by atoms with Crippen LogP contribution in [0.4, 0.5) is 11.5 Å². The van der Waals surface area contributed by atoms with Crippen LogP contribution >= 0.6 is 0 Å². The zero-order valence-corrected chi connectivity index (χ0v) is 14.4.